The maximum atomic E-state index is 8.52. The number of nitrogens with zero attached hydrogens (tertiary/aromatic N) is 2. The molecule has 0 saturated carbocycles. The van der Waals surface area contributed by atoms with E-state index in [1.807, 2.05) is 18.9 Å². The first-order valence-electron chi connectivity index (χ1n) is 4.94. The van der Waals surface area contributed by atoms with Gasteiger partial charge >= 0.3 is 0 Å². The molecule has 1 heterocycles. The Morgan fingerprint density at radius 3 is 3.00 bits per heavy atom. The number of rotatable bonds is 4. The van der Waals surface area contributed by atoms with Crippen LogP contribution in [0.5, 0.6) is 0 Å². The van der Waals surface area contributed by atoms with Gasteiger partial charge in [-0.15, -0.1) is 0 Å². The van der Waals surface area contributed by atoms with Gasteiger partial charge in [-0.1, -0.05) is 5.16 Å². The molecule has 0 bridgehead atoms. The molecule has 1 fully saturated rings. The Labute approximate surface area is 84.5 Å². The van der Waals surface area contributed by atoms with Crippen LogP contribution in [0.15, 0.2) is 5.16 Å². The number of oxime groups is 1. The molecule has 5 heteroatoms. The van der Waals surface area contributed by atoms with Crippen molar-refractivity contribution in [2.45, 2.75) is 31.9 Å². The number of amidine groups is 1. The number of likely N-dealkylation sites (N-methyl/N-ethyl adjacent to an activating group) is 1. The van der Waals surface area contributed by atoms with E-state index in [1.54, 1.807) is 0 Å². The molecule has 2 unspecified atom stereocenters. The Morgan fingerprint density at radius 2 is 2.50 bits per heavy atom. The second kappa shape index (κ2) is 5.17. The number of nitrogens with two attached hydrogens (primary N) is 1. The highest BCUT2D eigenvalue weighted by Gasteiger charge is 2.21. The summed E-state index contributed by atoms with van der Waals surface area (Å²) in [5.74, 6) is 0.241. The number of hydrogen-bond donors (Lipinski definition) is 2. The van der Waals surface area contributed by atoms with Crippen molar-refractivity contribution in [1.82, 2.24) is 4.90 Å². The third-order valence-corrected chi connectivity index (χ3v) is 2.72. The van der Waals surface area contributed by atoms with Gasteiger partial charge in [0.25, 0.3) is 0 Å². The van der Waals surface area contributed by atoms with Gasteiger partial charge in [-0.25, -0.2) is 0 Å². The summed E-state index contributed by atoms with van der Waals surface area (Å²) in [5.41, 5.74) is 5.51. The molecular weight excluding hydrogens is 182 g/mol. The van der Waals surface area contributed by atoms with Crippen LogP contribution in [0, 0.1) is 0 Å². The normalized spacial score (nSPS) is 25.6. The summed E-state index contributed by atoms with van der Waals surface area (Å²) in [4.78, 5) is 2.03. The molecule has 0 radical (unpaired) electrons. The fourth-order valence-electron chi connectivity index (χ4n) is 1.58. The van der Waals surface area contributed by atoms with Crippen molar-refractivity contribution in [3.63, 3.8) is 0 Å². The summed E-state index contributed by atoms with van der Waals surface area (Å²) in [6, 6.07) is -0.0517. The van der Waals surface area contributed by atoms with E-state index in [4.69, 9.17) is 15.7 Å². The first kappa shape index (κ1) is 11.3. The summed E-state index contributed by atoms with van der Waals surface area (Å²) in [5, 5.41) is 11.5. The molecule has 1 aliphatic rings. The van der Waals surface area contributed by atoms with Crippen molar-refractivity contribution < 1.29 is 9.94 Å². The van der Waals surface area contributed by atoms with Gasteiger partial charge in [0.1, 0.15) is 0 Å². The Kier molecular flexibility index (Phi) is 4.16. The van der Waals surface area contributed by atoms with Crippen LogP contribution in [0.25, 0.3) is 0 Å². The molecule has 14 heavy (non-hydrogen) atoms. The molecule has 1 saturated heterocycles. The Morgan fingerprint density at radius 1 is 1.79 bits per heavy atom. The minimum absolute atomic E-state index is 0.0517. The van der Waals surface area contributed by atoms with Crippen LogP contribution in [-0.4, -0.2) is 48.3 Å². The third kappa shape index (κ3) is 2.85. The topological polar surface area (TPSA) is 71.1 Å². The van der Waals surface area contributed by atoms with Crippen LogP contribution >= 0.6 is 0 Å². The predicted molar refractivity (Wildman–Crippen MR) is 54.5 cm³/mol. The van der Waals surface area contributed by atoms with Crippen molar-refractivity contribution in [3.05, 3.63) is 0 Å². The summed E-state index contributed by atoms with van der Waals surface area (Å²) < 4.78 is 5.50. The van der Waals surface area contributed by atoms with E-state index >= 15 is 0 Å². The highest BCUT2D eigenvalue weighted by atomic mass is 16.5. The maximum absolute atomic E-state index is 8.52. The van der Waals surface area contributed by atoms with Gasteiger partial charge in [0, 0.05) is 13.2 Å². The van der Waals surface area contributed by atoms with Crippen LogP contribution in [0.2, 0.25) is 0 Å². The molecule has 0 amide bonds. The Hall–Kier alpha value is -0.810. The van der Waals surface area contributed by atoms with Crippen molar-refractivity contribution in [2.24, 2.45) is 10.9 Å². The Balaban J connectivity index is 2.36. The smallest absolute Gasteiger partial charge is 0.156 e. The molecule has 2 atom stereocenters. The van der Waals surface area contributed by atoms with E-state index in [1.165, 1.54) is 0 Å². The van der Waals surface area contributed by atoms with E-state index in [2.05, 4.69) is 5.16 Å². The van der Waals surface area contributed by atoms with Crippen molar-refractivity contribution in [2.75, 3.05) is 20.2 Å². The molecule has 5 nitrogen and oxygen atoms in total. The third-order valence-electron chi connectivity index (χ3n) is 2.72. The second-order valence-corrected chi connectivity index (χ2v) is 3.78. The lowest BCUT2D eigenvalue weighted by Crippen LogP contribution is -2.43. The fraction of sp³-hybridized carbons (Fsp3) is 0.889. The lowest BCUT2D eigenvalue weighted by atomic mass is 10.2. The molecule has 0 aromatic rings. The summed E-state index contributed by atoms with van der Waals surface area (Å²) in [6.07, 6.45) is 2.54. The van der Waals surface area contributed by atoms with Crippen LogP contribution in [0.3, 0.4) is 0 Å². The van der Waals surface area contributed by atoms with Crippen LogP contribution in [-0.2, 0) is 4.74 Å². The van der Waals surface area contributed by atoms with E-state index in [9.17, 15) is 0 Å². The van der Waals surface area contributed by atoms with Crippen molar-refractivity contribution in [3.8, 4) is 0 Å². The molecule has 1 rings (SSSR count). The van der Waals surface area contributed by atoms with Gasteiger partial charge in [0.05, 0.1) is 12.1 Å². The zero-order chi connectivity index (χ0) is 10.6. The Bertz CT molecular complexity index is 202. The number of hydrogen-bond acceptors (Lipinski definition) is 4. The molecule has 0 aliphatic carbocycles. The van der Waals surface area contributed by atoms with E-state index in [0.717, 1.165) is 26.0 Å². The fourth-order valence-corrected chi connectivity index (χ4v) is 1.58. The molecule has 0 spiro atoms. The quantitative estimate of drug-likeness (QED) is 0.296. The average molecular weight is 201 g/mol. The van der Waals surface area contributed by atoms with E-state index in [0.29, 0.717) is 6.10 Å². The summed E-state index contributed by atoms with van der Waals surface area (Å²) >= 11 is 0. The standard InChI is InChI=1S/C9H19N3O2/c1-7(9(10)11-13)12(2)6-8-4-3-5-14-8/h7-8,13H,3-6H2,1-2H3,(H2,10,11). The second-order valence-electron chi connectivity index (χ2n) is 3.78. The largest absolute Gasteiger partial charge is 0.409 e. The van der Waals surface area contributed by atoms with Gasteiger partial charge in [-0.3, -0.25) is 4.90 Å². The lowest BCUT2D eigenvalue weighted by molar-refractivity contribution is 0.0773. The zero-order valence-electron chi connectivity index (χ0n) is 8.81. The van der Waals surface area contributed by atoms with Crippen molar-refractivity contribution in [1.29, 1.82) is 0 Å². The SMILES string of the molecule is CC(C(N)=NO)N(C)CC1CCCO1. The highest BCUT2D eigenvalue weighted by Crippen LogP contribution is 2.13. The van der Waals surface area contributed by atoms with Crippen LogP contribution in [0.1, 0.15) is 19.8 Å². The molecule has 3 N–H and O–H groups in total. The lowest BCUT2D eigenvalue weighted by Gasteiger charge is -2.25. The minimum atomic E-state index is -0.0517. The highest BCUT2D eigenvalue weighted by molar-refractivity contribution is 5.84. The van der Waals surface area contributed by atoms with Crippen molar-refractivity contribution >= 4 is 5.84 Å². The number of ether oxygens (including phenoxy) is 1. The van der Waals surface area contributed by atoms with Gasteiger partial charge in [0.2, 0.25) is 0 Å². The minimum Gasteiger partial charge on any atom is -0.409 e. The molecule has 82 valence electrons. The molecule has 0 aromatic heterocycles. The molecule has 1 aliphatic heterocycles. The van der Waals surface area contributed by atoms with Gasteiger partial charge in [0.15, 0.2) is 5.84 Å². The average Bonchev–Trinajstić information content (AvgIpc) is 2.68. The maximum Gasteiger partial charge on any atom is 0.156 e. The first-order valence-corrected chi connectivity index (χ1v) is 4.94. The van der Waals surface area contributed by atoms with Gasteiger partial charge < -0.3 is 15.7 Å². The van der Waals surface area contributed by atoms with E-state index in [-0.39, 0.29) is 11.9 Å². The first-order chi connectivity index (χ1) is 6.65. The van der Waals surface area contributed by atoms with Crippen LogP contribution < -0.4 is 5.73 Å². The predicted octanol–water partition coefficient (Wildman–Crippen LogP) is 0.232. The molecule has 0 aromatic carbocycles. The summed E-state index contributed by atoms with van der Waals surface area (Å²) in [6.45, 7) is 3.60. The van der Waals surface area contributed by atoms with E-state index < -0.39 is 0 Å². The summed E-state index contributed by atoms with van der Waals surface area (Å²) in [7, 11) is 1.95. The monoisotopic (exact) mass is 201 g/mol. The molecular formula is C9H19N3O2. The van der Waals surface area contributed by atoms with Gasteiger partial charge in [-0.05, 0) is 26.8 Å². The zero-order valence-corrected chi connectivity index (χ0v) is 8.81. The van der Waals surface area contributed by atoms with Crippen LogP contribution in [0.4, 0.5) is 0 Å². The van der Waals surface area contributed by atoms with Gasteiger partial charge in [-0.2, -0.15) is 0 Å².